The van der Waals surface area contributed by atoms with Crippen molar-refractivity contribution in [2.45, 2.75) is 5.41 Å². The van der Waals surface area contributed by atoms with E-state index in [9.17, 15) is 21.0 Å². The Morgan fingerprint density at radius 3 is 1.12 bits per heavy atom. The Morgan fingerprint density at radius 2 is 0.703 bits per heavy atom. The van der Waals surface area contributed by atoms with Gasteiger partial charge in [-0.1, -0.05) is 146 Å². The Labute approximate surface area is 427 Å². The minimum Gasteiger partial charge on any atom is -0.311 e. The molecule has 0 saturated heterocycles. The van der Waals surface area contributed by atoms with Crippen molar-refractivity contribution >= 4 is 78.8 Å². The molecule has 0 fully saturated rings. The summed E-state index contributed by atoms with van der Waals surface area (Å²) in [6, 6.07) is 84.1. The monoisotopic (exact) mass is 934 g/mol. The molecule has 1 spiro atoms. The smallest absolute Gasteiger partial charge is 0.252 e. The lowest BCUT2D eigenvalue weighted by molar-refractivity contribution is 0.794. The first kappa shape index (κ1) is 41.4. The molecule has 15 rings (SSSR count). The average molecular weight is 935 g/mol. The molecular weight excluding hydrogens is 900 g/mol. The van der Waals surface area contributed by atoms with Crippen molar-refractivity contribution in [1.82, 2.24) is 0 Å². The summed E-state index contributed by atoms with van der Waals surface area (Å²) in [7, 11) is 0. The third kappa shape index (κ3) is 5.56. The van der Waals surface area contributed by atoms with Gasteiger partial charge in [0.05, 0.1) is 51.9 Å². The molecule has 11 aromatic carbocycles. The first-order valence-corrected chi connectivity index (χ1v) is 24.7. The molecule has 7 heteroatoms. The van der Waals surface area contributed by atoms with Crippen LogP contribution in [0.25, 0.3) is 54.9 Å². The zero-order valence-corrected chi connectivity index (χ0v) is 39.5. The van der Waals surface area contributed by atoms with Crippen LogP contribution in [0.15, 0.2) is 212 Å². The van der Waals surface area contributed by atoms with Crippen LogP contribution in [0.1, 0.15) is 44.5 Å². The van der Waals surface area contributed by atoms with Crippen LogP contribution < -0.4 is 26.2 Å². The molecule has 2 heterocycles. The standard InChI is InChI=1S/C67H35BN6/c69-36-40-23-41(37-70)26-50(25-40)73-62-32-46-13-3-1-11-44(46)30-60(62)68-61-31-45-12-2-4-14-47(45)33-63(61)74(51-27-42(38-71)24-43(28-51)39-72)65-35-49(34-64(73)66(65)68)48-21-22-55-54-17-7-10-20-58(54)67(59(55)29-48)56-18-8-5-15-52(56)53-16-6-9-19-57(53)67/h1-35H. The molecule has 74 heavy (non-hydrogen) atoms. The maximum atomic E-state index is 10.5. The van der Waals surface area contributed by atoms with Crippen LogP contribution in [0, 0.1) is 45.3 Å². The second-order valence-electron chi connectivity index (χ2n) is 19.7. The summed E-state index contributed by atoms with van der Waals surface area (Å²) in [6.45, 7) is -0.283. The predicted molar refractivity (Wildman–Crippen MR) is 296 cm³/mol. The van der Waals surface area contributed by atoms with Gasteiger partial charge < -0.3 is 9.80 Å². The van der Waals surface area contributed by atoms with E-state index in [-0.39, 0.29) is 6.71 Å². The number of anilines is 6. The second-order valence-corrected chi connectivity index (χ2v) is 19.7. The van der Waals surface area contributed by atoms with Crippen molar-refractivity contribution in [3.8, 4) is 57.7 Å². The average Bonchev–Trinajstić information content (AvgIpc) is 3.93. The van der Waals surface area contributed by atoms with E-state index in [2.05, 4.69) is 210 Å². The highest BCUT2D eigenvalue weighted by atomic mass is 15.2. The zero-order valence-electron chi connectivity index (χ0n) is 39.5. The fourth-order valence-corrected chi connectivity index (χ4v) is 13.1. The van der Waals surface area contributed by atoms with Crippen molar-refractivity contribution in [2.24, 2.45) is 0 Å². The highest BCUT2D eigenvalue weighted by Gasteiger charge is 2.52. The number of hydrogen-bond acceptors (Lipinski definition) is 6. The summed E-state index contributed by atoms with van der Waals surface area (Å²) < 4.78 is 0. The maximum absolute atomic E-state index is 10.5. The topological polar surface area (TPSA) is 102 Å². The molecule has 0 bridgehead atoms. The Bertz CT molecular complexity index is 4230. The van der Waals surface area contributed by atoms with Gasteiger partial charge in [-0.25, -0.2) is 0 Å². The molecule has 0 amide bonds. The Balaban J connectivity index is 1.08. The van der Waals surface area contributed by atoms with E-state index < -0.39 is 5.41 Å². The van der Waals surface area contributed by atoms with Gasteiger partial charge in [0, 0.05) is 34.1 Å². The molecule has 4 aliphatic rings. The van der Waals surface area contributed by atoms with E-state index in [1.807, 2.05) is 24.3 Å². The Morgan fingerprint density at radius 1 is 0.324 bits per heavy atom. The van der Waals surface area contributed by atoms with Crippen LogP contribution in [0.4, 0.5) is 34.1 Å². The lowest BCUT2D eigenvalue weighted by atomic mass is 9.33. The lowest BCUT2D eigenvalue weighted by Gasteiger charge is -2.45. The molecule has 6 nitrogen and oxygen atoms in total. The molecule has 0 saturated carbocycles. The van der Waals surface area contributed by atoms with Crippen LogP contribution >= 0.6 is 0 Å². The second kappa shape index (κ2) is 15.3. The van der Waals surface area contributed by atoms with Crippen LogP contribution in [0.2, 0.25) is 0 Å². The van der Waals surface area contributed by atoms with Gasteiger partial charge in [0.2, 0.25) is 0 Å². The summed E-state index contributed by atoms with van der Waals surface area (Å²) in [4.78, 5) is 4.49. The van der Waals surface area contributed by atoms with E-state index in [1.54, 1.807) is 12.1 Å². The van der Waals surface area contributed by atoms with Gasteiger partial charge >= 0.3 is 0 Å². The molecule has 0 unspecified atom stereocenters. The minimum absolute atomic E-state index is 0.283. The maximum Gasteiger partial charge on any atom is 0.252 e. The summed E-state index contributed by atoms with van der Waals surface area (Å²) in [5, 5.41) is 46.3. The van der Waals surface area contributed by atoms with Gasteiger partial charge in [0.15, 0.2) is 0 Å². The Hall–Kier alpha value is -10.4. The van der Waals surface area contributed by atoms with Gasteiger partial charge in [-0.15, -0.1) is 0 Å². The highest BCUT2D eigenvalue weighted by Crippen LogP contribution is 2.63. The summed E-state index contributed by atoms with van der Waals surface area (Å²) in [5.74, 6) is 0. The van der Waals surface area contributed by atoms with Crippen LogP contribution in [0.3, 0.4) is 0 Å². The lowest BCUT2D eigenvalue weighted by Crippen LogP contribution is -2.61. The van der Waals surface area contributed by atoms with Crippen molar-refractivity contribution in [3.63, 3.8) is 0 Å². The van der Waals surface area contributed by atoms with Crippen molar-refractivity contribution in [1.29, 1.82) is 21.0 Å². The summed E-state index contributed by atoms with van der Waals surface area (Å²) in [6.07, 6.45) is 0. The highest BCUT2D eigenvalue weighted by molar-refractivity contribution is 7.00. The molecule has 0 aromatic heterocycles. The first-order valence-electron chi connectivity index (χ1n) is 24.7. The van der Waals surface area contributed by atoms with E-state index in [1.165, 1.54) is 44.5 Å². The number of nitrogens with zero attached hydrogens (tertiary/aromatic N) is 6. The molecular formula is C67H35BN6. The van der Waals surface area contributed by atoms with Crippen molar-refractivity contribution in [3.05, 3.63) is 257 Å². The van der Waals surface area contributed by atoms with E-state index in [0.717, 1.165) is 71.8 Å². The van der Waals surface area contributed by atoms with Gasteiger partial charge in [0.1, 0.15) is 0 Å². The van der Waals surface area contributed by atoms with E-state index >= 15 is 0 Å². The predicted octanol–water partition coefficient (Wildman–Crippen LogP) is 13.6. The molecule has 336 valence electrons. The number of nitriles is 4. The fourth-order valence-electron chi connectivity index (χ4n) is 13.1. The van der Waals surface area contributed by atoms with Crippen molar-refractivity contribution < 1.29 is 0 Å². The SMILES string of the molecule is N#Cc1cc(C#N)cc(N2c3cc4ccccc4cc3B3c4cc5ccccc5cc4N(c4cc(C#N)cc(C#N)c4)c4cc(-c5ccc6c(c5)C5(c7ccccc7-c7ccccc75)c5ccccc5-6)cc2c43)c1. The van der Waals surface area contributed by atoms with Gasteiger partial charge in [0.25, 0.3) is 6.71 Å². The minimum atomic E-state index is -0.572. The van der Waals surface area contributed by atoms with E-state index in [4.69, 9.17) is 0 Å². The molecule has 2 aliphatic carbocycles. The van der Waals surface area contributed by atoms with Crippen LogP contribution in [0.5, 0.6) is 0 Å². The number of benzene rings is 11. The molecule has 0 atom stereocenters. The van der Waals surface area contributed by atoms with Gasteiger partial charge in [-0.2, -0.15) is 21.0 Å². The summed E-state index contributed by atoms with van der Waals surface area (Å²) in [5.41, 5.74) is 21.0. The Kier molecular flexibility index (Phi) is 8.54. The van der Waals surface area contributed by atoms with Crippen LogP contribution in [-0.4, -0.2) is 6.71 Å². The third-order valence-corrected chi connectivity index (χ3v) is 16.0. The van der Waals surface area contributed by atoms with Gasteiger partial charge in [-0.05, 0) is 160 Å². The largest absolute Gasteiger partial charge is 0.311 e. The van der Waals surface area contributed by atoms with E-state index in [0.29, 0.717) is 33.6 Å². The zero-order chi connectivity index (χ0) is 49.4. The third-order valence-electron chi connectivity index (χ3n) is 16.0. The molecule has 0 radical (unpaired) electrons. The normalized spacial score (nSPS) is 13.4. The number of rotatable bonds is 3. The summed E-state index contributed by atoms with van der Waals surface area (Å²) >= 11 is 0. The molecule has 11 aromatic rings. The first-order chi connectivity index (χ1) is 36.5. The number of fused-ring (bicyclic) bond motifs is 16. The molecule has 0 N–H and O–H groups in total. The van der Waals surface area contributed by atoms with Gasteiger partial charge in [-0.3, -0.25) is 0 Å². The van der Waals surface area contributed by atoms with Crippen molar-refractivity contribution in [2.75, 3.05) is 9.80 Å². The molecule has 2 aliphatic heterocycles. The number of hydrogen-bond donors (Lipinski definition) is 0. The fraction of sp³-hybridized carbons (Fsp3) is 0.0149. The quantitative estimate of drug-likeness (QED) is 0.164. The van der Waals surface area contributed by atoms with Crippen LogP contribution in [-0.2, 0) is 5.41 Å².